The summed E-state index contributed by atoms with van der Waals surface area (Å²) in [4.78, 5) is 12.8. The van der Waals surface area contributed by atoms with E-state index in [1.54, 1.807) is 43.5 Å². The van der Waals surface area contributed by atoms with E-state index in [-0.39, 0.29) is 11.5 Å². The number of carbonyl (C=O) groups is 1. The number of amides is 1. The number of carbonyl (C=O) groups excluding carboxylic acids is 1. The lowest BCUT2D eigenvalue weighted by Crippen LogP contribution is -2.19. The van der Waals surface area contributed by atoms with Gasteiger partial charge in [0.2, 0.25) is 0 Å². The van der Waals surface area contributed by atoms with Gasteiger partial charge in [0.1, 0.15) is 11.6 Å². The van der Waals surface area contributed by atoms with Crippen LogP contribution in [0.15, 0.2) is 48.7 Å². The number of anilines is 1. The molecule has 0 saturated carbocycles. The molecule has 0 aliphatic rings. The van der Waals surface area contributed by atoms with Crippen LogP contribution in [0, 0.1) is 12.7 Å². The van der Waals surface area contributed by atoms with Crippen LogP contribution in [0.3, 0.4) is 0 Å². The lowest BCUT2D eigenvalue weighted by molar-refractivity contribution is 0.101. The van der Waals surface area contributed by atoms with Gasteiger partial charge >= 0.3 is 0 Å². The van der Waals surface area contributed by atoms with Crippen molar-refractivity contribution >= 4 is 28.8 Å². The average molecular weight is 412 g/mol. The Morgan fingerprint density at radius 1 is 1.17 bits per heavy atom. The van der Waals surface area contributed by atoms with Gasteiger partial charge in [0, 0.05) is 10.6 Å². The molecule has 1 N–H and O–H groups in total. The number of nitrogens with zero attached hydrogens (tertiary/aromatic N) is 4. The van der Waals surface area contributed by atoms with Crippen molar-refractivity contribution in [2.45, 2.75) is 6.92 Å². The van der Waals surface area contributed by atoms with E-state index < -0.39 is 5.91 Å². The first-order chi connectivity index (χ1) is 14.0. The molecule has 0 fully saturated rings. The number of fused-ring (bicyclic) bond motifs is 1. The molecule has 0 saturated heterocycles. The molecule has 7 nitrogen and oxygen atoms in total. The summed E-state index contributed by atoms with van der Waals surface area (Å²) in [6.07, 6.45) is 1.60. The minimum Gasteiger partial charge on any atom is -0.495 e. The van der Waals surface area contributed by atoms with Crippen LogP contribution in [-0.4, -0.2) is 32.8 Å². The number of aryl methyl sites for hydroxylation is 1. The van der Waals surface area contributed by atoms with Crippen LogP contribution in [0.2, 0.25) is 5.02 Å². The van der Waals surface area contributed by atoms with Crippen molar-refractivity contribution in [1.29, 1.82) is 0 Å². The van der Waals surface area contributed by atoms with E-state index in [9.17, 15) is 9.18 Å². The topological polar surface area (TPSA) is 81.4 Å². The molecule has 29 heavy (non-hydrogen) atoms. The van der Waals surface area contributed by atoms with Crippen molar-refractivity contribution in [3.63, 3.8) is 0 Å². The lowest BCUT2D eigenvalue weighted by Gasteiger charge is -2.11. The van der Waals surface area contributed by atoms with E-state index in [2.05, 4.69) is 20.6 Å². The maximum absolute atomic E-state index is 13.2. The molecule has 146 valence electrons. The van der Waals surface area contributed by atoms with E-state index in [1.165, 1.54) is 23.8 Å². The number of benzene rings is 2. The number of ether oxygens (including phenoxy) is 1. The van der Waals surface area contributed by atoms with Gasteiger partial charge in [-0.25, -0.2) is 8.91 Å². The molecule has 0 radical (unpaired) electrons. The molecule has 4 aromatic rings. The van der Waals surface area contributed by atoms with Gasteiger partial charge in [-0.3, -0.25) is 4.79 Å². The number of halogens is 2. The highest BCUT2D eigenvalue weighted by Crippen LogP contribution is 2.28. The van der Waals surface area contributed by atoms with Crippen LogP contribution in [0.1, 0.15) is 16.2 Å². The molecule has 0 spiro atoms. The molecular formula is C20H15ClFN5O2. The molecule has 4 rings (SSSR count). The first-order valence-corrected chi connectivity index (χ1v) is 8.97. The van der Waals surface area contributed by atoms with Crippen LogP contribution in [-0.2, 0) is 0 Å². The zero-order valence-corrected chi connectivity index (χ0v) is 16.2. The maximum atomic E-state index is 13.2. The second-order valence-corrected chi connectivity index (χ2v) is 6.67. The van der Waals surface area contributed by atoms with E-state index in [0.717, 1.165) is 5.56 Å². The Kier molecular flexibility index (Phi) is 4.85. The molecule has 0 aliphatic carbocycles. The summed E-state index contributed by atoms with van der Waals surface area (Å²) in [7, 11) is 1.50. The third-order valence-electron chi connectivity index (χ3n) is 4.43. The highest BCUT2D eigenvalue weighted by Gasteiger charge is 2.19. The highest BCUT2D eigenvalue weighted by molar-refractivity contribution is 6.31. The SMILES string of the molecule is COc1ccc(Cl)cc1NC(=O)c1nnc2c(-c3ccc(F)cc3)cnn2c1C. The fourth-order valence-corrected chi connectivity index (χ4v) is 3.13. The second-order valence-electron chi connectivity index (χ2n) is 6.23. The molecule has 2 aromatic carbocycles. The van der Waals surface area contributed by atoms with Crippen LogP contribution >= 0.6 is 11.6 Å². The van der Waals surface area contributed by atoms with E-state index in [1.807, 2.05) is 0 Å². The number of rotatable bonds is 4. The van der Waals surface area contributed by atoms with Crippen molar-refractivity contribution in [3.05, 3.63) is 70.9 Å². The van der Waals surface area contributed by atoms with Gasteiger partial charge in [-0.2, -0.15) is 5.10 Å². The van der Waals surface area contributed by atoms with E-state index in [4.69, 9.17) is 16.3 Å². The number of methoxy groups -OCH3 is 1. The zero-order chi connectivity index (χ0) is 20.5. The van der Waals surface area contributed by atoms with Gasteiger partial charge in [0.15, 0.2) is 11.3 Å². The third kappa shape index (κ3) is 3.50. The number of aromatic nitrogens is 4. The molecule has 1 amide bonds. The number of hydrogen-bond acceptors (Lipinski definition) is 5. The van der Waals surface area contributed by atoms with Gasteiger partial charge < -0.3 is 10.1 Å². The predicted octanol–water partition coefficient (Wildman–Crippen LogP) is 4.15. The first kappa shape index (κ1) is 18.8. The molecule has 2 aromatic heterocycles. The summed E-state index contributed by atoms with van der Waals surface area (Å²) < 4.78 is 20.0. The van der Waals surface area contributed by atoms with Gasteiger partial charge in [0.05, 0.1) is 24.7 Å². The van der Waals surface area contributed by atoms with E-state index in [0.29, 0.717) is 33.4 Å². The average Bonchev–Trinajstić information content (AvgIpc) is 3.14. The highest BCUT2D eigenvalue weighted by atomic mass is 35.5. The van der Waals surface area contributed by atoms with Gasteiger partial charge in [0.25, 0.3) is 5.91 Å². The van der Waals surface area contributed by atoms with Crippen LogP contribution in [0.4, 0.5) is 10.1 Å². The molecule has 0 bridgehead atoms. The fourth-order valence-electron chi connectivity index (χ4n) is 2.96. The van der Waals surface area contributed by atoms with Crippen LogP contribution in [0.5, 0.6) is 5.75 Å². The zero-order valence-electron chi connectivity index (χ0n) is 15.5. The predicted molar refractivity (Wildman–Crippen MR) is 107 cm³/mol. The quantitative estimate of drug-likeness (QED) is 0.545. The molecule has 0 aliphatic heterocycles. The summed E-state index contributed by atoms with van der Waals surface area (Å²) in [5.41, 5.74) is 2.92. The number of hydrogen-bond donors (Lipinski definition) is 1. The monoisotopic (exact) mass is 411 g/mol. The van der Waals surface area contributed by atoms with Gasteiger partial charge in [-0.15, -0.1) is 10.2 Å². The Morgan fingerprint density at radius 3 is 2.66 bits per heavy atom. The Hall–Kier alpha value is -3.52. The van der Waals surface area contributed by atoms with Crippen LogP contribution in [0.25, 0.3) is 16.8 Å². The Labute approximate surface area is 170 Å². The number of nitrogens with one attached hydrogen (secondary N) is 1. The molecule has 9 heteroatoms. The van der Waals surface area contributed by atoms with Crippen molar-refractivity contribution in [1.82, 2.24) is 19.8 Å². The normalized spacial score (nSPS) is 10.9. The smallest absolute Gasteiger partial charge is 0.278 e. The molecular weight excluding hydrogens is 397 g/mol. The van der Waals surface area contributed by atoms with Gasteiger partial charge in [-0.05, 0) is 42.8 Å². The lowest BCUT2D eigenvalue weighted by atomic mass is 10.1. The first-order valence-electron chi connectivity index (χ1n) is 8.60. The Bertz CT molecular complexity index is 1220. The maximum Gasteiger partial charge on any atom is 0.278 e. The second kappa shape index (κ2) is 7.48. The molecule has 0 atom stereocenters. The van der Waals surface area contributed by atoms with Crippen molar-refractivity contribution < 1.29 is 13.9 Å². The summed E-state index contributed by atoms with van der Waals surface area (Å²) in [6, 6.07) is 10.9. The minimum absolute atomic E-state index is 0.105. The summed E-state index contributed by atoms with van der Waals surface area (Å²) in [6.45, 7) is 1.72. The minimum atomic E-state index is -0.476. The Balaban J connectivity index is 1.70. The standard InChI is InChI=1S/C20H15ClFN5O2/c1-11-18(20(28)24-16-9-13(21)5-8-17(16)29-2)25-26-19-15(10-23-27(11)19)12-3-6-14(22)7-4-12/h3-10H,1-2H3,(H,24,28). The van der Waals surface area contributed by atoms with Crippen molar-refractivity contribution in [3.8, 4) is 16.9 Å². The van der Waals surface area contributed by atoms with Crippen molar-refractivity contribution in [2.75, 3.05) is 12.4 Å². The molecule has 2 heterocycles. The largest absolute Gasteiger partial charge is 0.495 e. The Morgan fingerprint density at radius 2 is 1.93 bits per heavy atom. The summed E-state index contributed by atoms with van der Waals surface area (Å²) in [5, 5.41) is 15.7. The molecule has 0 unspecified atom stereocenters. The van der Waals surface area contributed by atoms with Crippen LogP contribution < -0.4 is 10.1 Å². The third-order valence-corrected chi connectivity index (χ3v) is 4.66. The van der Waals surface area contributed by atoms with Crippen molar-refractivity contribution in [2.24, 2.45) is 0 Å². The van der Waals surface area contributed by atoms with E-state index >= 15 is 0 Å². The fraction of sp³-hybridized carbons (Fsp3) is 0.100. The summed E-state index contributed by atoms with van der Waals surface area (Å²) >= 11 is 6.01. The summed E-state index contributed by atoms with van der Waals surface area (Å²) in [5.74, 6) is -0.341. The van der Waals surface area contributed by atoms with Gasteiger partial charge in [-0.1, -0.05) is 23.7 Å².